The number of nitrogens with one attached hydrogen (secondary N) is 1. The van der Waals surface area contributed by atoms with Crippen molar-refractivity contribution in [1.82, 2.24) is 10.2 Å². The zero-order valence-corrected chi connectivity index (χ0v) is 10.7. The zero-order chi connectivity index (χ0) is 13.3. The maximum Gasteiger partial charge on any atom is 0.172 e. The fraction of sp³-hybridized carbons (Fsp3) is 0.500. The number of nitriles is 1. The molecule has 1 fully saturated rings. The van der Waals surface area contributed by atoms with E-state index in [9.17, 15) is 10.4 Å². The minimum absolute atomic E-state index is 0.171. The predicted octanol–water partition coefficient (Wildman–Crippen LogP) is 0.799. The van der Waals surface area contributed by atoms with Gasteiger partial charge in [-0.3, -0.25) is 4.90 Å². The lowest BCUT2D eigenvalue weighted by Gasteiger charge is -2.33. The number of hydrogen-bond donors (Lipinski definition) is 2. The van der Waals surface area contributed by atoms with Crippen molar-refractivity contribution in [3.05, 3.63) is 23.8 Å². The van der Waals surface area contributed by atoms with E-state index in [-0.39, 0.29) is 5.75 Å². The molecule has 1 atom stereocenters. The maximum absolute atomic E-state index is 9.72. The second kappa shape index (κ2) is 4.72. The standard InChI is InChI=1S/C14H17N3O2/c15-9-14(17-6-1-4-16-5-7-17)10-19-13-8-11(18)2-3-12(13)14/h2-3,8,16,18H,1,4-7,10H2. The molecule has 0 aliphatic carbocycles. The van der Waals surface area contributed by atoms with Crippen molar-refractivity contribution < 1.29 is 9.84 Å². The third-order valence-corrected chi connectivity index (χ3v) is 3.91. The smallest absolute Gasteiger partial charge is 0.172 e. The van der Waals surface area contributed by atoms with Crippen LogP contribution in [0.2, 0.25) is 0 Å². The highest BCUT2D eigenvalue weighted by molar-refractivity contribution is 5.50. The predicted molar refractivity (Wildman–Crippen MR) is 70.0 cm³/mol. The van der Waals surface area contributed by atoms with Crippen LogP contribution in [0.25, 0.3) is 0 Å². The molecule has 5 nitrogen and oxygen atoms in total. The molecular weight excluding hydrogens is 242 g/mol. The summed E-state index contributed by atoms with van der Waals surface area (Å²) in [6, 6.07) is 7.46. The normalized spacial score (nSPS) is 27.1. The summed E-state index contributed by atoms with van der Waals surface area (Å²) in [5, 5.41) is 22.6. The maximum atomic E-state index is 9.72. The van der Waals surface area contributed by atoms with Crippen molar-refractivity contribution in [1.29, 1.82) is 5.26 Å². The second-order valence-corrected chi connectivity index (χ2v) is 5.03. The molecule has 100 valence electrons. The van der Waals surface area contributed by atoms with E-state index in [0.29, 0.717) is 12.4 Å². The Morgan fingerprint density at radius 2 is 2.26 bits per heavy atom. The summed E-state index contributed by atoms with van der Waals surface area (Å²) in [5.41, 5.74) is 0.157. The molecule has 2 heterocycles. The molecule has 1 aromatic rings. The highest BCUT2D eigenvalue weighted by Gasteiger charge is 2.46. The van der Waals surface area contributed by atoms with Gasteiger partial charge in [0.05, 0.1) is 6.07 Å². The monoisotopic (exact) mass is 259 g/mol. The minimum Gasteiger partial charge on any atom is -0.508 e. The van der Waals surface area contributed by atoms with Crippen molar-refractivity contribution >= 4 is 0 Å². The van der Waals surface area contributed by atoms with Crippen molar-refractivity contribution in [3.8, 4) is 17.6 Å². The van der Waals surface area contributed by atoms with Gasteiger partial charge in [-0.15, -0.1) is 0 Å². The molecule has 1 aromatic carbocycles. The number of phenols is 1. The largest absolute Gasteiger partial charge is 0.508 e. The van der Waals surface area contributed by atoms with E-state index >= 15 is 0 Å². The van der Waals surface area contributed by atoms with Crippen LogP contribution in [0.15, 0.2) is 18.2 Å². The highest BCUT2D eigenvalue weighted by Crippen LogP contribution is 2.42. The van der Waals surface area contributed by atoms with Crippen LogP contribution in [0.3, 0.4) is 0 Å². The average Bonchev–Trinajstić information content (AvgIpc) is 2.62. The van der Waals surface area contributed by atoms with Crippen molar-refractivity contribution in [2.45, 2.75) is 12.0 Å². The van der Waals surface area contributed by atoms with Crippen molar-refractivity contribution in [3.63, 3.8) is 0 Å². The molecule has 0 spiro atoms. The Bertz CT molecular complexity index is 518. The molecule has 1 saturated heterocycles. The van der Waals surface area contributed by atoms with Crippen LogP contribution >= 0.6 is 0 Å². The number of ether oxygens (including phenoxy) is 1. The lowest BCUT2D eigenvalue weighted by molar-refractivity contribution is 0.115. The van der Waals surface area contributed by atoms with Crippen LogP contribution < -0.4 is 10.1 Å². The third kappa shape index (κ3) is 1.93. The Balaban J connectivity index is 2.00. The van der Waals surface area contributed by atoms with Gasteiger partial charge in [0.1, 0.15) is 18.1 Å². The van der Waals surface area contributed by atoms with Gasteiger partial charge in [-0.05, 0) is 25.1 Å². The Kier molecular flexibility index (Phi) is 3.05. The Morgan fingerprint density at radius 3 is 3.11 bits per heavy atom. The van der Waals surface area contributed by atoms with Gasteiger partial charge in [-0.2, -0.15) is 5.26 Å². The molecule has 2 aliphatic heterocycles. The van der Waals surface area contributed by atoms with Crippen molar-refractivity contribution in [2.75, 3.05) is 32.8 Å². The zero-order valence-electron chi connectivity index (χ0n) is 10.7. The van der Waals surface area contributed by atoms with Gasteiger partial charge >= 0.3 is 0 Å². The summed E-state index contributed by atoms with van der Waals surface area (Å²) in [6.45, 7) is 3.92. The van der Waals surface area contributed by atoms with Gasteiger partial charge in [-0.1, -0.05) is 0 Å². The third-order valence-electron chi connectivity index (χ3n) is 3.91. The Morgan fingerprint density at radius 1 is 1.37 bits per heavy atom. The quantitative estimate of drug-likeness (QED) is 0.780. The van der Waals surface area contributed by atoms with E-state index in [1.807, 2.05) is 0 Å². The van der Waals surface area contributed by atoms with E-state index < -0.39 is 5.54 Å². The summed E-state index contributed by atoms with van der Waals surface area (Å²) in [5.74, 6) is 0.795. The van der Waals surface area contributed by atoms with Crippen LogP contribution in [-0.4, -0.2) is 42.8 Å². The fourth-order valence-corrected chi connectivity index (χ4v) is 2.88. The van der Waals surface area contributed by atoms with Crippen LogP contribution in [0.1, 0.15) is 12.0 Å². The van der Waals surface area contributed by atoms with Crippen LogP contribution in [0, 0.1) is 11.3 Å². The molecule has 2 N–H and O–H groups in total. The minimum atomic E-state index is -0.713. The first-order chi connectivity index (χ1) is 9.26. The van der Waals surface area contributed by atoms with Gasteiger partial charge in [0.15, 0.2) is 5.54 Å². The number of hydrogen-bond acceptors (Lipinski definition) is 5. The van der Waals surface area contributed by atoms with Gasteiger partial charge in [-0.25, -0.2) is 0 Å². The molecular formula is C14H17N3O2. The number of benzene rings is 1. The number of rotatable bonds is 1. The van der Waals surface area contributed by atoms with Crippen LogP contribution in [0.4, 0.5) is 0 Å². The van der Waals surface area contributed by atoms with E-state index in [0.717, 1.165) is 38.2 Å². The highest BCUT2D eigenvalue weighted by atomic mass is 16.5. The molecule has 0 radical (unpaired) electrons. The van der Waals surface area contributed by atoms with Gasteiger partial charge in [0.25, 0.3) is 0 Å². The molecule has 3 rings (SSSR count). The van der Waals surface area contributed by atoms with Crippen molar-refractivity contribution in [2.24, 2.45) is 0 Å². The SMILES string of the molecule is N#CC1(N2CCCNCC2)COc2cc(O)ccc21. The first kappa shape index (κ1) is 12.3. The fourth-order valence-electron chi connectivity index (χ4n) is 2.88. The second-order valence-electron chi connectivity index (χ2n) is 5.03. The lowest BCUT2D eigenvalue weighted by Crippen LogP contribution is -2.48. The number of fused-ring (bicyclic) bond motifs is 1. The molecule has 0 bridgehead atoms. The molecule has 2 aliphatic rings. The Hall–Kier alpha value is -1.77. The topological polar surface area (TPSA) is 68.5 Å². The molecule has 5 heteroatoms. The summed E-state index contributed by atoms with van der Waals surface area (Å²) >= 11 is 0. The van der Waals surface area contributed by atoms with Gasteiger partial charge in [0, 0.05) is 31.3 Å². The summed E-state index contributed by atoms with van der Waals surface area (Å²) < 4.78 is 5.64. The van der Waals surface area contributed by atoms with Gasteiger partial charge < -0.3 is 15.2 Å². The molecule has 0 saturated carbocycles. The first-order valence-electron chi connectivity index (χ1n) is 6.59. The summed E-state index contributed by atoms with van der Waals surface area (Å²) in [7, 11) is 0. The van der Waals surface area contributed by atoms with E-state index in [1.54, 1.807) is 18.2 Å². The number of phenolic OH excluding ortho intramolecular Hbond substituents is 1. The van der Waals surface area contributed by atoms with Crippen LogP contribution in [0.5, 0.6) is 11.5 Å². The van der Waals surface area contributed by atoms with Crippen LogP contribution in [-0.2, 0) is 5.54 Å². The molecule has 0 amide bonds. The lowest BCUT2D eigenvalue weighted by atomic mass is 9.91. The first-order valence-corrected chi connectivity index (χ1v) is 6.59. The summed E-state index contributed by atoms with van der Waals surface area (Å²) in [4.78, 5) is 2.19. The summed E-state index contributed by atoms with van der Waals surface area (Å²) in [6.07, 6.45) is 1.02. The average molecular weight is 259 g/mol. The van der Waals surface area contributed by atoms with E-state index in [1.165, 1.54) is 0 Å². The molecule has 19 heavy (non-hydrogen) atoms. The molecule has 1 unspecified atom stereocenters. The van der Waals surface area contributed by atoms with E-state index in [4.69, 9.17) is 4.74 Å². The number of nitrogens with zero attached hydrogens (tertiary/aromatic N) is 2. The molecule has 0 aromatic heterocycles. The van der Waals surface area contributed by atoms with Gasteiger partial charge in [0.2, 0.25) is 0 Å². The number of aromatic hydroxyl groups is 1. The van der Waals surface area contributed by atoms with E-state index in [2.05, 4.69) is 16.3 Å². The Labute approximate surface area is 112 Å².